The molecule has 0 aliphatic heterocycles. The standard InChI is InChI=1S/C12H19NO/c1-3-12(13)9-14-8-11-6-4-5-10(2)7-11/h4-7,12H,3,8-9,13H2,1-2H3. The van der Waals surface area contributed by atoms with Gasteiger partial charge in [0.25, 0.3) is 0 Å². The molecular formula is C12H19NO. The fourth-order valence-corrected chi connectivity index (χ4v) is 1.25. The van der Waals surface area contributed by atoms with Crippen LogP contribution in [0.4, 0.5) is 0 Å². The van der Waals surface area contributed by atoms with Gasteiger partial charge in [-0.15, -0.1) is 0 Å². The highest BCUT2D eigenvalue weighted by atomic mass is 16.5. The Kier molecular flexibility index (Phi) is 4.63. The highest BCUT2D eigenvalue weighted by molar-refractivity contribution is 5.21. The van der Waals surface area contributed by atoms with Crippen molar-refractivity contribution in [1.82, 2.24) is 0 Å². The third kappa shape index (κ3) is 3.90. The Balaban J connectivity index is 2.31. The highest BCUT2D eigenvalue weighted by Crippen LogP contribution is 2.05. The Labute approximate surface area is 86.1 Å². The summed E-state index contributed by atoms with van der Waals surface area (Å²) >= 11 is 0. The van der Waals surface area contributed by atoms with Gasteiger partial charge in [0.05, 0.1) is 13.2 Å². The molecule has 0 aliphatic carbocycles. The molecule has 1 aromatic rings. The van der Waals surface area contributed by atoms with Gasteiger partial charge in [-0.3, -0.25) is 0 Å². The minimum atomic E-state index is 0.166. The molecule has 0 bridgehead atoms. The summed E-state index contributed by atoms with van der Waals surface area (Å²) in [4.78, 5) is 0. The summed E-state index contributed by atoms with van der Waals surface area (Å²) in [6.07, 6.45) is 0.966. The van der Waals surface area contributed by atoms with E-state index in [-0.39, 0.29) is 6.04 Å². The van der Waals surface area contributed by atoms with Crippen LogP contribution in [0.25, 0.3) is 0 Å². The molecule has 2 heteroatoms. The van der Waals surface area contributed by atoms with Crippen LogP contribution in [-0.4, -0.2) is 12.6 Å². The van der Waals surface area contributed by atoms with Crippen LogP contribution in [0.3, 0.4) is 0 Å². The first kappa shape index (κ1) is 11.2. The van der Waals surface area contributed by atoms with Crippen LogP contribution in [0.5, 0.6) is 0 Å². The molecule has 78 valence electrons. The molecule has 1 atom stereocenters. The number of hydrogen-bond acceptors (Lipinski definition) is 2. The van der Waals surface area contributed by atoms with Crippen LogP contribution in [0.2, 0.25) is 0 Å². The van der Waals surface area contributed by atoms with E-state index >= 15 is 0 Å². The number of rotatable bonds is 5. The molecule has 1 rings (SSSR count). The molecule has 0 saturated carbocycles. The molecule has 0 radical (unpaired) electrons. The van der Waals surface area contributed by atoms with E-state index in [1.807, 2.05) is 6.07 Å². The number of hydrogen-bond donors (Lipinski definition) is 1. The van der Waals surface area contributed by atoms with Gasteiger partial charge in [0.2, 0.25) is 0 Å². The summed E-state index contributed by atoms with van der Waals surface area (Å²) in [6, 6.07) is 8.51. The van der Waals surface area contributed by atoms with Gasteiger partial charge in [0.1, 0.15) is 0 Å². The topological polar surface area (TPSA) is 35.2 Å². The van der Waals surface area contributed by atoms with Gasteiger partial charge in [-0.05, 0) is 18.9 Å². The molecule has 14 heavy (non-hydrogen) atoms. The lowest BCUT2D eigenvalue weighted by Crippen LogP contribution is -2.24. The largest absolute Gasteiger partial charge is 0.375 e. The van der Waals surface area contributed by atoms with Crippen molar-refractivity contribution in [2.75, 3.05) is 6.61 Å². The predicted octanol–water partition coefficient (Wildman–Crippen LogP) is 2.25. The quantitative estimate of drug-likeness (QED) is 0.778. The van der Waals surface area contributed by atoms with Crippen LogP contribution in [-0.2, 0) is 11.3 Å². The Morgan fingerprint density at radius 1 is 1.43 bits per heavy atom. The average Bonchev–Trinajstić information content (AvgIpc) is 2.17. The van der Waals surface area contributed by atoms with Crippen LogP contribution in [0.15, 0.2) is 24.3 Å². The lowest BCUT2D eigenvalue weighted by Gasteiger charge is -2.09. The van der Waals surface area contributed by atoms with Crippen molar-refractivity contribution in [3.8, 4) is 0 Å². The van der Waals surface area contributed by atoms with Gasteiger partial charge in [-0.1, -0.05) is 36.8 Å². The van der Waals surface area contributed by atoms with E-state index in [4.69, 9.17) is 10.5 Å². The normalized spacial score (nSPS) is 12.8. The summed E-state index contributed by atoms with van der Waals surface area (Å²) in [6.45, 7) is 5.46. The van der Waals surface area contributed by atoms with Crippen molar-refractivity contribution in [1.29, 1.82) is 0 Å². The molecule has 2 nitrogen and oxygen atoms in total. The van der Waals surface area contributed by atoms with E-state index in [1.165, 1.54) is 11.1 Å². The van der Waals surface area contributed by atoms with E-state index in [9.17, 15) is 0 Å². The summed E-state index contributed by atoms with van der Waals surface area (Å²) in [7, 11) is 0. The number of benzene rings is 1. The van der Waals surface area contributed by atoms with E-state index in [0.29, 0.717) is 13.2 Å². The second kappa shape index (κ2) is 5.78. The zero-order valence-corrected chi connectivity index (χ0v) is 8.99. The van der Waals surface area contributed by atoms with Gasteiger partial charge in [-0.2, -0.15) is 0 Å². The maximum atomic E-state index is 5.74. The molecular weight excluding hydrogens is 174 g/mol. The summed E-state index contributed by atoms with van der Waals surface area (Å²) in [5.74, 6) is 0. The molecule has 0 spiro atoms. The van der Waals surface area contributed by atoms with Gasteiger partial charge < -0.3 is 10.5 Å². The minimum Gasteiger partial charge on any atom is -0.375 e. The Morgan fingerprint density at radius 2 is 2.21 bits per heavy atom. The zero-order chi connectivity index (χ0) is 10.4. The van der Waals surface area contributed by atoms with Crippen LogP contribution in [0, 0.1) is 6.92 Å². The molecule has 0 fully saturated rings. The highest BCUT2D eigenvalue weighted by Gasteiger charge is 1.99. The van der Waals surface area contributed by atoms with E-state index in [1.54, 1.807) is 0 Å². The lowest BCUT2D eigenvalue weighted by atomic mass is 10.1. The summed E-state index contributed by atoms with van der Waals surface area (Å²) in [5, 5.41) is 0. The van der Waals surface area contributed by atoms with Crippen molar-refractivity contribution < 1.29 is 4.74 Å². The molecule has 1 unspecified atom stereocenters. The van der Waals surface area contributed by atoms with Crippen molar-refractivity contribution in [2.24, 2.45) is 5.73 Å². The molecule has 0 aliphatic rings. The first-order valence-electron chi connectivity index (χ1n) is 5.11. The fraction of sp³-hybridized carbons (Fsp3) is 0.500. The van der Waals surface area contributed by atoms with Crippen molar-refractivity contribution in [2.45, 2.75) is 32.9 Å². The molecule has 0 aromatic heterocycles. The number of aryl methyl sites for hydroxylation is 1. The number of ether oxygens (including phenoxy) is 1. The maximum absolute atomic E-state index is 5.74. The summed E-state index contributed by atoms with van der Waals surface area (Å²) < 4.78 is 5.50. The summed E-state index contributed by atoms with van der Waals surface area (Å²) in [5.41, 5.74) is 8.23. The predicted molar refractivity (Wildman–Crippen MR) is 59.1 cm³/mol. The van der Waals surface area contributed by atoms with Gasteiger partial charge in [0, 0.05) is 6.04 Å². The van der Waals surface area contributed by atoms with Gasteiger partial charge in [0.15, 0.2) is 0 Å². The Morgan fingerprint density at radius 3 is 2.86 bits per heavy atom. The maximum Gasteiger partial charge on any atom is 0.0717 e. The first-order chi connectivity index (χ1) is 6.72. The second-order valence-corrected chi connectivity index (χ2v) is 3.67. The lowest BCUT2D eigenvalue weighted by molar-refractivity contribution is 0.107. The van der Waals surface area contributed by atoms with Crippen molar-refractivity contribution in [3.05, 3.63) is 35.4 Å². The number of nitrogens with two attached hydrogens (primary N) is 1. The molecule has 1 aromatic carbocycles. The average molecular weight is 193 g/mol. The smallest absolute Gasteiger partial charge is 0.0717 e. The van der Waals surface area contributed by atoms with E-state index in [2.05, 4.69) is 32.0 Å². The molecule has 0 amide bonds. The van der Waals surface area contributed by atoms with Crippen LogP contribution >= 0.6 is 0 Å². The molecule has 0 heterocycles. The fourth-order valence-electron chi connectivity index (χ4n) is 1.25. The van der Waals surface area contributed by atoms with Crippen LogP contribution in [0.1, 0.15) is 24.5 Å². The van der Waals surface area contributed by atoms with Crippen LogP contribution < -0.4 is 5.73 Å². The monoisotopic (exact) mass is 193 g/mol. The third-order valence-electron chi connectivity index (χ3n) is 2.21. The Bertz CT molecular complexity index is 273. The third-order valence-corrected chi connectivity index (χ3v) is 2.21. The van der Waals surface area contributed by atoms with Crippen molar-refractivity contribution >= 4 is 0 Å². The van der Waals surface area contributed by atoms with Gasteiger partial charge >= 0.3 is 0 Å². The van der Waals surface area contributed by atoms with E-state index < -0.39 is 0 Å². The molecule has 0 saturated heterocycles. The zero-order valence-electron chi connectivity index (χ0n) is 8.99. The van der Waals surface area contributed by atoms with E-state index in [0.717, 1.165) is 6.42 Å². The SMILES string of the molecule is CCC(N)COCc1cccc(C)c1. The van der Waals surface area contributed by atoms with Crippen molar-refractivity contribution in [3.63, 3.8) is 0 Å². The molecule has 2 N–H and O–H groups in total. The Hall–Kier alpha value is -0.860. The minimum absolute atomic E-state index is 0.166. The second-order valence-electron chi connectivity index (χ2n) is 3.67. The van der Waals surface area contributed by atoms with Gasteiger partial charge in [-0.25, -0.2) is 0 Å². The first-order valence-corrected chi connectivity index (χ1v) is 5.11.